The molecule has 2 aromatic carbocycles. The Morgan fingerprint density at radius 3 is 2.76 bits per heavy atom. The predicted molar refractivity (Wildman–Crippen MR) is 88.2 cm³/mol. The van der Waals surface area contributed by atoms with Crippen molar-refractivity contribution in [2.75, 3.05) is 5.75 Å². The summed E-state index contributed by atoms with van der Waals surface area (Å²) < 4.78 is 0. The third-order valence-corrected chi connectivity index (χ3v) is 4.66. The summed E-state index contributed by atoms with van der Waals surface area (Å²) in [6, 6.07) is 16.9. The highest BCUT2D eigenvalue weighted by atomic mass is 35.5. The zero-order valence-corrected chi connectivity index (χ0v) is 12.7. The van der Waals surface area contributed by atoms with Gasteiger partial charge in [0.1, 0.15) is 0 Å². The minimum atomic E-state index is 0.0820. The highest BCUT2D eigenvalue weighted by Crippen LogP contribution is 2.28. The van der Waals surface area contributed by atoms with Crippen LogP contribution in [0, 0.1) is 0 Å². The average molecular weight is 314 g/mol. The fraction of sp³-hybridized carbons (Fsp3) is 0.0588. The van der Waals surface area contributed by atoms with Crippen molar-refractivity contribution < 1.29 is 4.79 Å². The summed E-state index contributed by atoms with van der Waals surface area (Å²) in [6.07, 6.45) is 1.73. The Labute approximate surface area is 132 Å². The van der Waals surface area contributed by atoms with Crippen LogP contribution in [0.4, 0.5) is 0 Å². The molecule has 21 heavy (non-hydrogen) atoms. The molecular weight excluding hydrogens is 302 g/mol. The van der Waals surface area contributed by atoms with E-state index in [1.165, 1.54) is 11.8 Å². The summed E-state index contributed by atoms with van der Waals surface area (Å²) in [4.78, 5) is 17.7. The SMILES string of the molecule is O=C(CSc1ccccc1Cl)c1cccc2ncccc12. The standard InChI is InChI=1S/C17H12ClNOS/c18-14-7-1-2-9-17(14)21-11-16(20)13-5-3-8-15-12(13)6-4-10-19-15/h1-10H,11H2. The van der Waals surface area contributed by atoms with Gasteiger partial charge in [0.2, 0.25) is 0 Å². The van der Waals surface area contributed by atoms with E-state index in [2.05, 4.69) is 4.98 Å². The first kappa shape index (κ1) is 14.1. The topological polar surface area (TPSA) is 30.0 Å². The Morgan fingerprint density at radius 2 is 1.90 bits per heavy atom. The van der Waals surface area contributed by atoms with Gasteiger partial charge in [-0.15, -0.1) is 11.8 Å². The molecule has 104 valence electrons. The van der Waals surface area contributed by atoms with Crippen molar-refractivity contribution in [1.82, 2.24) is 4.98 Å². The van der Waals surface area contributed by atoms with Gasteiger partial charge in [-0.25, -0.2) is 0 Å². The van der Waals surface area contributed by atoms with E-state index < -0.39 is 0 Å². The first-order valence-electron chi connectivity index (χ1n) is 6.50. The largest absolute Gasteiger partial charge is 0.293 e. The Bertz CT molecular complexity index is 798. The fourth-order valence-corrected chi connectivity index (χ4v) is 3.25. The van der Waals surface area contributed by atoms with Crippen LogP contribution in [0.2, 0.25) is 5.02 Å². The van der Waals surface area contributed by atoms with E-state index in [9.17, 15) is 4.79 Å². The molecule has 3 rings (SSSR count). The molecule has 3 aromatic rings. The highest BCUT2D eigenvalue weighted by molar-refractivity contribution is 8.00. The highest BCUT2D eigenvalue weighted by Gasteiger charge is 2.11. The van der Waals surface area contributed by atoms with Crippen molar-refractivity contribution >= 4 is 40.0 Å². The second-order valence-electron chi connectivity index (χ2n) is 4.52. The number of thioether (sulfide) groups is 1. The molecule has 0 spiro atoms. The van der Waals surface area contributed by atoms with Crippen LogP contribution < -0.4 is 0 Å². The van der Waals surface area contributed by atoms with Gasteiger partial charge in [-0.05, 0) is 24.3 Å². The summed E-state index contributed by atoms with van der Waals surface area (Å²) in [5, 5.41) is 1.57. The third-order valence-electron chi connectivity index (χ3n) is 3.14. The number of fused-ring (bicyclic) bond motifs is 1. The number of aromatic nitrogens is 1. The van der Waals surface area contributed by atoms with Gasteiger partial charge in [-0.1, -0.05) is 41.9 Å². The lowest BCUT2D eigenvalue weighted by molar-refractivity contribution is 0.102. The van der Waals surface area contributed by atoms with Crippen LogP contribution in [-0.4, -0.2) is 16.5 Å². The molecule has 0 aliphatic carbocycles. The van der Waals surface area contributed by atoms with Crippen molar-refractivity contribution in [3.8, 4) is 0 Å². The molecule has 2 nitrogen and oxygen atoms in total. The molecule has 0 saturated carbocycles. The molecule has 0 aliphatic heterocycles. The minimum Gasteiger partial charge on any atom is -0.293 e. The smallest absolute Gasteiger partial charge is 0.173 e. The lowest BCUT2D eigenvalue weighted by Gasteiger charge is -2.06. The Balaban J connectivity index is 1.83. The van der Waals surface area contributed by atoms with Crippen molar-refractivity contribution in [1.29, 1.82) is 0 Å². The van der Waals surface area contributed by atoms with Crippen LogP contribution in [0.3, 0.4) is 0 Å². The number of benzene rings is 2. The average Bonchev–Trinajstić information content (AvgIpc) is 2.53. The van der Waals surface area contributed by atoms with E-state index in [0.717, 1.165) is 15.8 Å². The van der Waals surface area contributed by atoms with Crippen LogP contribution in [0.1, 0.15) is 10.4 Å². The van der Waals surface area contributed by atoms with Crippen molar-refractivity contribution in [2.24, 2.45) is 0 Å². The van der Waals surface area contributed by atoms with Gasteiger partial charge >= 0.3 is 0 Å². The van der Waals surface area contributed by atoms with Crippen LogP contribution in [-0.2, 0) is 0 Å². The zero-order valence-electron chi connectivity index (χ0n) is 11.1. The maximum Gasteiger partial charge on any atom is 0.173 e. The number of carbonyl (C=O) groups excluding carboxylic acids is 1. The third kappa shape index (κ3) is 3.09. The Hall–Kier alpha value is -1.84. The van der Waals surface area contributed by atoms with Crippen LogP contribution in [0.5, 0.6) is 0 Å². The molecule has 0 bridgehead atoms. The van der Waals surface area contributed by atoms with Crippen molar-refractivity contribution in [3.05, 3.63) is 71.4 Å². The Kier molecular flexibility index (Phi) is 4.23. The minimum absolute atomic E-state index is 0.0820. The monoisotopic (exact) mass is 313 g/mol. The number of hydrogen-bond donors (Lipinski definition) is 0. The van der Waals surface area contributed by atoms with Gasteiger partial charge in [0, 0.05) is 22.0 Å². The van der Waals surface area contributed by atoms with E-state index in [1.54, 1.807) is 6.20 Å². The second kappa shape index (κ2) is 6.29. The molecule has 1 aromatic heterocycles. The number of Topliss-reactive ketones (excluding diaryl/α,β-unsaturated/α-hetero) is 1. The fourth-order valence-electron chi connectivity index (χ4n) is 2.13. The summed E-state index contributed by atoms with van der Waals surface area (Å²) in [6.45, 7) is 0. The van der Waals surface area contributed by atoms with E-state index in [-0.39, 0.29) is 5.78 Å². The first-order valence-corrected chi connectivity index (χ1v) is 7.86. The number of carbonyl (C=O) groups is 1. The van der Waals surface area contributed by atoms with Gasteiger partial charge in [0.25, 0.3) is 0 Å². The molecule has 0 N–H and O–H groups in total. The quantitative estimate of drug-likeness (QED) is 0.509. The molecule has 0 saturated heterocycles. The molecule has 4 heteroatoms. The van der Waals surface area contributed by atoms with Gasteiger partial charge < -0.3 is 0 Å². The lowest BCUT2D eigenvalue weighted by Crippen LogP contribution is -2.03. The molecular formula is C17H12ClNOS. The van der Waals surface area contributed by atoms with Gasteiger partial charge in [-0.2, -0.15) is 0 Å². The summed E-state index contributed by atoms with van der Waals surface area (Å²) >= 11 is 7.56. The molecule has 1 heterocycles. The maximum absolute atomic E-state index is 12.5. The Morgan fingerprint density at radius 1 is 1.05 bits per heavy atom. The van der Waals surface area contributed by atoms with Crippen molar-refractivity contribution in [3.63, 3.8) is 0 Å². The lowest BCUT2D eigenvalue weighted by atomic mass is 10.1. The number of nitrogens with zero attached hydrogens (tertiary/aromatic N) is 1. The molecule has 0 aliphatic rings. The second-order valence-corrected chi connectivity index (χ2v) is 5.94. The van der Waals surface area contributed by atoms with Gasteiger partial charge in [0.05, 0.1) is 16.3 Å². The molecule has 0 atom stereocenters. The number of hydrogen-bond acceptors (Lipinski definition) is 3. The summed E-state index contributed by atoms with van der Waals surface area (Å²) in [7, 11) is 0. The van der Waals surface area contributed by atoms with Crippen LogP contribution >= 0.6 is 23.4 Å². The van der Waals surface area contributed by atoms with Crippen LogP contribution in [0.25, 0.3) is 10.9 Å². The normalized spacial score (nSPS) is 10.7. The predicted octanol–water partition coefficient (Wildman–Crippen LogP) is 4.86. The first-order chi connectivity index (χ1) is 10.3. The zero-order chi connectivity index (χ0) is 14.7. The van der Waals surface area contributed by atoms with Gasteiger partial charge in [0.15, 0.2) is 5.78 Å². The van der Waals surface area contributed by atoms with E-state index in [1.807, 2.05) is 54.6 Å². The molecule has 0 radical (unpaired) electrons. The summed E-state index contributed by atoms with van der Waals surface area (Å²) in [5.74, 6) is 0.441. The van der Waals surface area contributed by atoms with E-state index in [4.69, 9.17) is 11.6 Å². The number of pyridine rings is 1. The van der Waals surface area contributed by atoms with Crippen LogP contribution in [0.15, 0.2) is 65.7 Å². The van der Waals surface area contributed by atoms with Crippen molar-refractivity contribution in [2.45, 2.75) is 4.90 Å². The van der Waals surface area contributed by atoms with Gasteiger partial charge in [-0.3, -0.25) is 9.78 Å². The molecule has 0 amide bonds. The number of rotatable bonds is 4. The number of halogens is 1. The van der Waals surface area contributed by atoms with E-state index in [0.29, 0.717) is 16.3 Å². The maximum atomic E-state index is 12.5. The van der Waals surface area contributed by atoms with E-state index >= 15 is 0 Å². The summed E-state index contributed by atoms with van der Waals surface area (Å²) in [5.41, 5.74) is 1.55. The number of ketones is 1. The molecule has 0 unspecified atom stereocenters. The molecule has 0 fully saturated rings.